The van der Waals surface area contributed by atoms with E-state index in [1.54, 1.807) is 0 Å². The monoisotopic (exact) mass is 506 g/mol. The maximum absolute atomic E-state index is 9.65. The topological polar surface area (TPSA) is 43.7 Å². The zero-order chi connectivity index (χ0) is 24.5. The van der Waals surface area contributed by atoms with Crippen LogP contribution in [-0.2, 0) is 6.54 Å². The van der Waals surface area contributed by atoms with Gasteiger partial charge in [-0.3, -0.25) is 0 Å². The highest BCUT2D eigenvalue weighted by molar-refractivity contribution is 6.42. The second-order valence-electron chi connectivity index (χ2n) is 8.31. The summed E-state index contributed by atoms with van der Waals surface area (Å²) in [7, 11) is 1.97. The molecule has 5 nitrogen and oxygen atoms in total. The Morgan fingerprint density at radius 2 is 1.71 bits per heavy atom. The SMILES string of the molecule is CC[n+]1c(/C=C/C=C2/N(C)c3cc(Cl)c(Cl)cc3N2CCO)oc2ccc(-c3ccccc3)cc21. The Morgan fingerprint density at radius 1 is 0.971 bits per heavy atom. The first-order valence-corrected chi connectivity index (χ1v) is 12.3. The minimum absolute atomic E-state index is 0.0116. The summed E-state index contributed by atoms with van der Waals surface area (Å²) in [5, 5.41) is 10.6. The van der Waals surface area contributed by atoms with E-state index in [-0.39, 0.29) is 6.61 Å². The van der Waals surface area contributed by atoms with E-state index >= 15 is 0 Å². The second kappa shape index (κ2) is 9.78. The molecule has 0 saturated carbocycles. The number of fused-ring (bicyclic) bond motifs is 2. The Morgan fingerprint density at radius 3 is 2.43 bits per heavy atom. The van der Waals surface area contributed by atoms with E-state index in [1.165, 1.54) is 5.56 Å². The molecular formula is C28H26Cl2N3O2+. The molecule has 0 fully saturated rings. The maximum Gasteiger partial charge on any atom is 0.374 e. The van der Waals surface area contributed by atoms with Gasteiger partial charge in [0, 0.05) is 19.7 Å². The molecule has 0 bridgehead atoms. The number of hydrogen-bond acceptors (Lipinski definition) is 4. The highest BCUT2D eigenvalue weighted by Crippen LogP contribution is 2.44. The van der Waals surface area contributed by atoms with Gasteiger partial charge in [-0.15, -0.1) is 0 Å². The number of benzene rings is 3. The fourth-order valence-electron chi connectivity index (χ4n) is 4.55. The van der Waals surface area contributed by atoms with E-state index in [9.17, 15) is 5.11 Å². The number of rotatable bonds is 6. The summed E-state index contributed by atoms with van der Waals surface area (Å²) in [6, 6.07) is 20.3. The number of anilines is 2. The lowest BCUT2D eigenvalue weighted by Gasteiger charge is -2.21. The lowest BCUT2D eigenvalue weighted by atomic mass is 10.1. The van der Waals surface area contributed by atoms with Crippen molar-refractivity contribution in [1.29, 1.82) is 0 Å². The van der Waals surface area contributed by atoms with Crippen molar-refractivity contribution < 1.29 is 14.1 Å². The van der Waals surface area contributed by atoms with Gasteiger partial charge in [0.2, 0.25) is 5.58 Å². The molecule has 1 N–H and O–H groups in total. The molecule has 1 aliphatic heterocycles. The first-order chi connectivity index (χ1) is 17.0. The molecule has 0 radical (unpaired) electrons. The molecule has 0 aliphatic carbocycles. The summed E-state index contributed by atoms with van der Waals surface area (Å²) in [4.78, 5) is 4.07. The molecule has 0 spiro atoms. The van der Waals surface area contributed by atoms with Crippen LogP contribution in [0.25, 0.3) is 28.3 Å². The number of allylic oxidation sites excluding steroid dienone is 2. The molecule has 0 amide bonds. The van der Waals surface area contributed by atoms with Crippen LogP contribution in [-0.4, -0.2) is 25.3 Å². The van der Waals surface area contributed by atoms with Gasteiger partial charge in [-0.25, -0.2) is 0 Å². The molecule has 0 saturated heterocycles. The standard InChI is InChI=1S/C28H26Cl2N3O2/c1-3-32-25-16-20(19-8-5-4-6-9-19)12-13-26(25)35-28(32)11-7-10-27-31(2)23-17-21(29)22(30)18-24(23)33(27)14-15-34/h4-13,16-18,34H,3,14-15H2,1-2H3/q+1. The number of aliphatic hydroxyl groups is 1. The minimum Gasteiger partial charge on any atom is -0.398 e. The van der Waals surface area contributed by atoms with E-state index in [2.05, 4.69) is 35.8 Å². The van der Waals surface area contributed by atoms with Crippen molar-refractivity contribution in [1.82, 2.24) is 0 Å². The molecule has 5 rings (SSSR count). The Bertz CT molecular complexity index is 1440. The average Bonchev–Trinajstić information content (AvgIpc) is 3.34. The van der Waals surface area contributed by atoms with Crippen molar-refractivity contribution in [3.63, 3.8) is 0 Å². The van der Waals surface area contributed by atoms with Crippen LogP contribution in [0.5, 0.6) is 0 Å². The van der Waals surface area contributed by atoms with Crippen LogP contribution in [0.15, 0.2) is 83.1 Å². The van der Waals surface area contributed by atoms with Crippen molar-refractivity contribution in [2.24, 2.45) is 0 Å². The van der Waals surface area contributed by atoms with Crippen LogP contribution in [0.3, 0.4) is 0 Å². The quantitative estimate of drug-likeness (QED) is 0.302. The third-order valence-electron chi connectivity index (χ3n) is 6.25. The first-order valence-electron chi connectivity index (χ1n) is 11.5. The Hall–Kier alpha value is -3.25. The minimum atomic E-state index is 0.0116. The summed E-state index contributed by atoms with van der Waals surface area (Å²) in [6.45, 7) is 3.34. The number of aromatic nitrogens is 1. The lowest BCUT2D eigenvalue weighted by Crippen LogP contribution is -2.33. The number of halogens is 2. The number of oxazole rings is 1. The number of aryl methyl sites for hydroxylation is 1. The van der Waals surface area contributed by atoms with E-state index in [0.29, 0.717) is 16.6 Å². The third-order valence-corrected chi connectivity index (χ3v) is 6.97. The van der Waals surface area contributed by atoms with E-state index < -0.39 is 0 Å². The Balaban J connectivity index is 1.49. The van der Waals surface area contributed by atoms with Crippen LogP contribution in [0.2, 0.25) is 10.0 Å². The van der Waals surface area contributed by atoms with E-state index in [0.717, 1.165) is 46.3 Å². The predicted molar refractivity (Wildman–Crippen MR) is 144 cm³/mol. The number of hydrogen-bond donors (Lipinski definition) is 1. The van der Waals surface area contributed by atoms with Crippen molar-refractivity contribution in [2.45, 2.75) is 13.5 Å². The van der Waals surface area contributed by atoms with Gasteiger partial charge in [-0.2, -0.15) is 4.57 Å². The van der Waals surface area contributed by atoms with Gasteiger partial charge in [0.05, 0.1) is 34.1 Å². The van der Waals surface area contributed by atoms with Crippen LogP contribution in [0.4, 0.5) is 11.4 Å². The van der Waals surface area contributed by atoms with Crippen molar-refractivity contribution in [3.05, 3.63) is 94.6 Å². The van der Waals surface area contributed by atoms with E-state index in [4.69, 9.17) is 27.6 Å². The molecule has 35 heavy (non-hydrogen) atoms. The molecular weight excluding hydrogens is 481 g/mol. The maximum atomic E-state index is 9.65. The summed E-state index contributed by atoms with van der Waals surface area (Å²) in [5.41, 5.74) is 6.08. The fraction of sp³-hybridized carbons (Fsp3) is 0.179. The number of aliphatic hydroxyl groups excluding tert-OH is 1. The summed E-state index contributed by atoms with van der Waals surface area (Å²) >= 11 is 12.5. The zero-order valence-corrected chi connectivity index (χ0v) is 21.1. The van der Waals surface area contributed by atoms with Gasteiger partial charge in [0.25, 0.3) is 5.52 Å². The van der Waals surface area contributed by atoms with Gasteiger partial charge < -0.3 is 19.3 Å². The molecule has 1 aliphatic rings. The normalized spacial score (nSPS) is 14.6. The molecule has 3 aromatic carbocycles. The van der Waals surface area contributed by atoms with Gasteiger partial charge in [0.15, 0.2) is 0 Å². The molecule has 178 valence electrons. The summed E-state index contributed by atoms with van der Waals surface area (Å²) in [5.74, 6) is 1.68. The Kier molecular flexibility index (Phi) is 6.56. The highest BCUT2D eigenvalue weighted by Gasteiger charge is 2.29. The summed E-state index contributed by atoms with van der Waals surface area (Å²) < 4.78 is 8.35. The number of nitrogens with zero attached hydrogens (tertiary/aromatic N) is 3. The van der Waals surface area contributed by atoms with Crippen molar-refractivity contribution >= 4 is 51.8 Å². The number of β-amino-alcohol motifs (C(OH)–C–C–N with tert-alkyl or cyclic N) is 1. The fourth-order valence-corrected chi connectivity index (χ4v) is 4.87. The molecule has 0 atom stereocenters. The third kappa shape index (κ3) is 4.31. The van der Waals surface area contributed by atoms with Crippen molar-refractivity contribution in [2.75, 3.05) is 30.0 Å². The van der Waals surface area contributed by atoms with Gasteiger partial charge in [-0.05, 0) is 48.4 Å². The van der Waals surface area contributed by atoms with Gasteiger partial charge in [-0.1, -0.05) is 59.6 Å². The largest absolute Gasteiger partial charge is 0.398 e. The predicted octanol–water partition coefficient (Wildman–Crippen LogP) is 6.52. The van der Waals surface area contributed by atoms with Crippen LogP contribution in [0, 0.1) is 0 Å². The van der Waals surface area contributed by atoms with Crippen LogP contribution < -0.4 is 14.4 Å². The van der Waals surface area contributed by atoms with Crippen LogP contribution >= 0.6 is 23.2 Å². The van der Waals surface area contributed by atoms with Gasteiger partial charge >= 0.3 is 5.89 Å². The van der Waals surface area contributed by atoms with E-state index in [1.807, 2.05) is 71.5 Å². The average molecular weight is 507 g/mol. The molecule has 4 aromatic rings. The lowest BCUT2D eigenvalue weighted by molar-refractivity contribution is -0.674. The summed E-state index contributed by atoms with van der Waals surface area (Å²) in [6.07, 6.45) is 5.93. The zero-order valence-electron chi connectivity index (χ0n) is 19.6. The second-order valence-corrected chi connectivity index (χ2v) is 9.12. The highest BCUT2D eigenvalue weighted by atomic mass is 35.5. The first kappa shape index (κ1) is 23.5. The molecule has 1 aromatic heterocycles. The molecule has 0 unspecified atom stereocenters. The Labute approximate surface area is 214 Å². The smallest absolute Gasteiger partial charge is 0.374 e. The molecule has 7 heteroatoms. The van der Waals surface area contributed by atoms with Crippen LogP contribution in [0.1, 0.15) is 12.8 Å². The van der Waals surface area contributed by atoms with Crippen molar-refractivity contribution in [3.8, 4) is 11.1 Å². The van der Waals surface area contributed by atoms with Gasteiger partial charge in [0.1, 0.15) is 12.4 Å². The molecule has 2 heterocycles.